The molecule has 0 aliphatic carbocycles. The van der Waals surface area contributed by atoms with Crippen molar-refractivity contribution < 1.29 is 0 Å². The van der Waals surface area contributed by atoms with Gasteiger partial charge in [0.25, 0.3) is 0 Å². The number of rotatable bonds is 29. The number of unbranched alkanes of at least 4 members (excludes halogenated alkanes) is 23. The summed E-state index contributed by atoms with van der Waals surface area (Å²) in [4.78, 5) is 2.27. The second kappa shape index (κ2) is 30.0. The van der Waals surface area contributed by atoms with Crippen LogP contribution in [-0.4, -0.2) is 38.6 Å². The van der Waals surface area contributed by atoms with Crippen LogP contribution in [0, 0.1) is 0 Å². The average molecular weight is 467 g/mol. The summed E-state index contributed by atoms with van der Waals surface area (Å²) >= 11 is 0. The summed E-state index contributed by atoms with van der Waals surface area (Å²) in [5.74, 6) is 0. The predicted octanol–water partition coefficient (Wildman–Crippen LogP) is 9.91. The number of nitrogens with one attached hydrogen (secondary N) is 1. The lowest BCUT2D eigenvalue weighted by molar-refractivity contribution is 0.393. The van der Waals surface area contributed by atoms with Gasteiger partial charge < -0.3 is 10.2 Å². The molecule has 1 N–H and O–H groups in total. The molecule has 0 aromatic rings. The largest absolute Gasteiger partial charge is 0.317 e. The molecule has 33 heavy (non-hydrogen) atoms. The van der Waals surface area contributed by atoms with E-state index in [4.69, 9.17) is 0 Å². The second-order valence-electron chi connectivity index (χ2n) is 11.0. The van der Waals surface area contributed by atoms with Crippen LogP contribution in [0.25, 0.3) is 0 Å². The zero-order valence-electron chi connectivity index (χ0n) is 23.7. The molecule has 0 heterocycles. The summed E-state index contributed by atoms with van der Waals surface area (Å²) in [5, 5.41) is 3.58. The fourth-order valence-corrected chi connectivity index (χ4v) is 4.86. The molecule has 0 saturated heterocycles. The Bertz CT molecular complexity index is 329. The Morgan fingerprint density at radius 2 is 0.636 bits per heavy atom. The van der Waals surface area contributed by atoms with E-state index in [0.717, 1.165) is 0 Å². The first-order valence-electron chi connectivity index (χ1n) is 15.6. The highest BCUT2D eigenvalue weighted by Crippen LogP contribution is 2.15. The van der Waals surface area contributed by atoms with Crippen LogP contribution in [0.5, 0.6) is 0 Å². The van der Waals surface area contributed by atoms with Crippen molar-refractivity contribution in [1.29, 1.82) is 0 Å². The van der Waals surface area contributed by atoms with E-state index in [1.165, 1.54) is 180 Å². The first kappa shape index (κ1) is 32.9. The zero-order valence-corrected chi connectivity index (χ0v) is 23.7. The maximum absolute atomic E-state index is 3.58. The molecule has 0 radical (unpaired) electrons. The van der Waals surface area contributed by atoms with Gasteiger partial charge in [0.1, 0.15) is 0 Å². The smallest absolute Gasteiger partial charge is 0.00127 e. The molecule has 0 fully saturated rings. The number of hydrogen-bond donors (Lipinski definition) is 1. The lowest BCUT2D eigenvalue weighted by Gasteiger charge is -2.09. The van der Waals surface area contributed by atoms with Gasteiger partial charge in [0.05, 0.1) is 0 Å². The van der Waals surface area contributed by atoms with Crippen LogP contribution in [0.15, 0.2) is 0 Å². The van der Waals surface area contributed by atoms with E-state index in [1.54, 1.807) is 0 Å². The summed E-state index contributed by atoms with van der Waals surface area (Å²) in [6.07, 6.45) is 36.4. The SMILES string of the molecule is CCCCCCCCCCCCCCCCCCCCCCCCCCNCCCN(C)C. The molecule has 200 valence electrons. The molecule has 2 nitrogen and oxygen atoms in total. The van der Waals surface area contributed by atoms with Crippen LogP contribution in [0.2, 0.25) is 0 Å². The van der Waals surface area contributed by atoms with Gasteiger partial charge in [-0.1, -0.05) is 155 Å². The fraction of sp³-hybridized carbons (Fsp3) is 1.00. The zero-order chi connectivity index (χ0) is 24.1. The van der Waals surface area contributed by atoms with Crippen LogP contribution in [-0.2, 0) is 0 Å². The fourth-order valence-electron chi connectivity index (χ4n) is 4.86. The summed E-state index contributed by atoms with van der Waals surface area (Å²) in [5.41, 5.74) is 0. The van der Waals surface area contributed by atoms with Gasteiger partial charge in [-0.05, 0) is 46.6 Å². The highest BCUT2D eigenvalue weighted by molar-refractivity contribution is 4.54. The monoisotopic (exact) mass is 467 g/mol. The van der Waals surface area contributed by atoms with E-state index in [-0.39, 0.29) is 0 Å². The molecule has 0 aliphatic heterocycles. The Labute approximate surface area is 211 Å². The summed E-state index contributed by atoms with van der Waals surface area (Å²) in [6.45, 7) is 5.90. The van der Waals surface area contributed by atoms with Crippen molar-refractivity contribution >= 4 is 0 Å². The molecule has 0 atom stereocenters. The van der Waals surface area contributed by atoms with Crippen LogP contribution < -0.4 is 5.32 Å². The van der Waals surface area contributed by atoms with Gasteiger partial charge in [0.2, 0.25) is 0 Å². The molecule has 0 aliphatic rings. The predicted molar refractivity (Wildman–Crippen MR) is 153 cm³/mol. The van der Waals surface area contributed by atoms with Crippen molar-refractivity contribution in [3.8, 4) is 0 Å². The van der Waals surface area contributed by atoms with Gasteiger partial charge in [0, 0.05) is 0 Å². The first-order chi connectivity index (χ1) is 16.3. The lowest BCUT2D eigenvalue weighted by atomic mass is 10.0. The molecule has 0 aromatic heterocycles. The van der Waals surface area contributed by atoms with Crippen molar-refractivity contribution in [1.82, 2.24) is 10.2 Å². The van der Waals surface area contributed by atoms with Gasteiger partial charge in [-0.15, -0.1) is 0 Å². The van der Waals surface area contributed by atoms with Crippen molar-refractivity contribution in [2.45, 2.75) is 167 Å². The molecule has 0 spiro atoms. The molecule has 0 rings (SSSR count). The maximum atomic E-state index is 3.58. The van der Waals surface area contributed by atoms with Crippen LogP contribution in [0.1, 0.15) is 167 Å². The van der Waals surface area contributed by atoms with Gasteiger partial charge in [-0.25, -0.2) is 0 Å². The van der Waals surface area contributed by atoms with Crippen molar-refractivity contribution in [2.24, 2.45) is 0 Å². The highest BCUT2D eigenvalue weighted by Gasteiger charge is 1.96. The van der Waals surface area contributed by atoms with E-state index >= 15 is 0 Å². The molecule has 0 saturated carbocycles. The first-order valence-corrected chi connectivity index (χ1v) is 15.6. The summed E-state index contributed by atoms with van der Waals surface area (Å²) in [7, 11) is 4.31. The Balaban J connectivity index is 3.00. The standard InChI is InChI=1S/C31H66N2/c1-4-5-6-7-8-9-10-11-12-13-14-15-16-17-18-19-20-21-22-23-24-25-26-27-29-32-30-28-31-33(2)3/h32H,4-31H2,1-3H3. The molecule has 0 bridgehead atoms. The van der Waals surface area contributed by atoms with Crippen molar-refractivity contribution in [2.75, 3.05) is 33.7 Å². The number of hydrogen-bond acceptors (Lipinski definition) is 2. The molecular weight excluding hydrogens is 400 g/mol. The Kier molecular flexibility index (Phi) is 29.9. The van der Waals surface area contributed by atoms with Crippen LogP contribution in [0.4, 0.5) is 0 Å². The Morgan fingerprint density at radius 1 is 0.364 bits per heavy atom. The Morgan fingerprint density at radius 3 is 0.939 bits per heavy atom. The van der Waals surface area contributed by atoms with Crippen molar-refractivity contribution in [3.05, 3.63) is 0 Å². The Hall–Kier alpha value is -0.0800. The summed E-state index contributed by atoms with van der Waals surface area (Å²) < 4.78 is 0. The average Bonchev–Trinajstić information content (AvgIpc) is 2.80. The molecular formula is C31H66N2. The minimum atomic E-state index is 1.18. The third-order valence-corrected chi connectivity index (χ3v) is 7.17. The topological polar surface area (TPSA) is 15.3 Å². The minimum absolute atomic E-state index is 1.18. The van der Waals surface area contributed by atoms with Gasteiger partial charge in [-0.2, -0.15) is 0 Å². The molecule has 0 amide bonds. The van der Waals surface area contributed by atoms with Gasteiger partial charge >= 0.3 is 0 Å². The molecule has 0 aromatic carbocycles. The molecule has 2 heteroatoms. The van der Waals surface area contributed by atoms with Crippen molar-refractivity contribution in [3.63, 3.8) is 0 Å². The van der Waals surface area contributed by atoms with Gasteiger partial charge in [-0.3, -0.25) is 0 Å². The third kappa shape index (κ3) is 31.9. The van der Waals surface area contributed by atoms with E-state index in [0.29, 0.717) is 0 Å². The van der Waals surface area contributed by atoms with Crippen LogP contribution in [0.3, 0.4) is 0 Å². The van der Waals surface area contributed by atoms with Gasteiger partial charge in [0.15, 0.2) is 0 Å². The minimum Gasteiger partial charge on any atom is -0.317 e. The normalized spacial score (nSPS) is 11.6. The van der Waals surface area contributed by atoms with Crippen LogP contribution >= 0.6 is 0 Å². The third-order valence-electron chi connectivity index (χ3n) is 7.17. The number of nitrogens with zero attached hydrogens (tertiary/aromatic N) is 1. The van der Waals surface area contributed by atoms with E-state index in [2.05, 4.69) is 31.2 Å². The summed E-state index contributed by atoms with van der Waals surface area (Å²) in [6, 6.07) is 0. The van der Waals surface area contributed by atoms with E-state index < -0.39 is 0 Å². The van der Waals surface area contributed by atoms with E-state index in [1.807, 2.05) is 0 Å². The van der Waals surface area contributed by atoms with E-state index in [9.17, 15) is 0 Å². The highest BCUT2D eigenvalue weighted by atomic mass is 15.0. The second-order valence-corrected chi connectivity index (χ2v) is 11.0. The maximum Gasteiger partial charge on any atom is -0.00127 e. The quantitative estimate of drug-likeness (QED) is 0.110. The lowest BCUT2D eigenvalue weighted by Crippen LogP contribution is -2.22. The molecule has 0 unspecified atom stereocenters.